The van der Waals surface area contributed by atoms with E-state index in [9.17, 15) is 4.79 Å². The summed E-state index contributed by atoms with van der Waals surface area (Å²) in [5, 5.41) is 2.43. The Labute approximate surface area is 131 Å². The number of nitrogens with zero attached hydrogens (tertiary/aromatic N) is 1. The molecule has 0 fully saturated rings. The van der Waals surface area contributed by atoms with Crippen molar-refractivity contribution in [3.63, 3.8) is 0 Å². The summed E-state index contributed by atoms with van der Waals surface area (Å²) in [6.07, 6.45) is 0. The van der Waals surface area contributed by atoms with Gasteiger partial charge in [0.2, 0.25) is 0 Å². The van der Waals surface area contributed by atoms with Crippen molar-refractivity contribution in [2.24, 2.45) is 0 Å². The maximum absolute atomic E-state index is 12.5. The van der Waals surface area contributed by atoms with Gasteiger partial charge in [0, 0.05) is 21.7 Å². The average Bonchev–Trinajstić information content (AvgIpc) is 2.96. The largest absolute Gasteiger partial charge is 0.497 e. The number of benzene rings is 2. The number of methoxy groups -OCH3 is 2. The third-order valence-electron chi connectivity index (χ3n) is 4.03. The molecule has 2 heterocycles. The molecule has 0 aliphatic heterocycles. The number of aromatic nitrogens is 2. The van der Waals surface area contributed by atoms with Crippen molar-refractivity contribution < 1.29 is 14.3 Å². The zero-order valence-electron chi connectivity index (χ0n) is 12.7. The fraction of sp³-hybridized carbons (Fsp3) is 0.111. The molecule has 0 atom stereocenters. The lowest BCUT2D eigenvalue weighted by Gasteiger charge is -2.08. The monoisotopic (exact) mass is 306 g/mol. The molecule has 0 aliphatic rings. The Kier molecular flexibility index (Phi) is 2.94. The van der Waals surface area contributed by atoms with Crippen LogP contribution in [-0.4, -0.2) is 30.2 Å². The summed E-state index contributed by atoms with van der Waals surface area (Å²) in [6.45, 7) is 0. The first kappa shape index (κ1) is 13.6. The lowest BCUT2D eigenvalue weighted by molar-refractivity contribution is 0.0605. The fourth-order valence-corrected chi connectivity index (χ4v) is 2.97. The van der Waals surface area contributed by atoms with E-state index in [0.717, 1.165) is 16.3 Å². The number of hydrogen-bond acceptors (Lipinski definition) is 4. The number of para-hydroxylation sites is 1. The second-order valence-electron chi connectivity index (χ2n) is 5.26. The van der Waals surface area contributed by atoms with Gasteiger partial charge in [0.15, 0.2) is 0 Å². The molecule has 0 unspecified atom stereocenters. The second-order valence-corrected chi connectivity index (χ2v) is 5.26. The van der Waals surface area contributed by atoms with Crippen LogP contribution in [0.1, 0.15) is 10.4 Å². The van der Waals surface area contributed by atoms with Crippen LogP contribution in [0.15, 0.2) is 42.5 Å². The Morgan fingerprint density at radius 1 is 1.09 bits per heavy atom. The number of aromatic amines is 1. The van der Waals surface area contributed by atoms with E-state index in [4.69, 9.17) is 9.47 Å². The highest BCUT2D eigenvalue weighted by Crippen LogP contribution is 2.33. The molecule has 0 saturated carbocycles. The summed E-state index contributed by atoms with van der Waals surface area (Å²) in [5.41, 5.74) is 2.82. The van der Waals surface area contributed by atoms with Crippen LogP contribution >= 0.6 is 0 Å². The number of rotatable bonds is 2. The van der Waals surface area contributed by atoms with Crippen LogP contribution in [0, 0.1) is 0 Å². The van der Waals surface area contributed by atoms with E-state index < -0.39 is 0 Å². The molecule has 4 aromatic rings. The zero-order valence-corrected chi connectivity index (χ0v) is 12.7. The van der Waals surface area contributed by atoms with Crippen molar-refractivity contribution in [3.8, 4) is 5.75 Å². The van der Waals surface area contributed by atoms with Crippen molar-refractivity contribution in [3.05, 3.63) is 48.0 Å². The predicted octanol–water partition coefficient (Wildman–Crippen LogP) is 3.66. The molecule has 1 N–H and O–H groups in total. The van der Waals surface area contributed by atoms with Gasteiger partial charge in [-0.2, -0.15) is 0 Å². The number of pyridine rings is 1. The number of hydrogen-bond donors (Lipinski definition) is 1. The SMILES string of the molecule is COC(=O)c1c2cc(OC)ccc2nc2[nH]c3ccccc3c12. The predicted molar refractivity (Wildman–Crippen MR) is 89.0 cm³/mol. The van der Waals surface area contributed by atoms with E-state index in [2.05, 4.69) is 9.97 Å². The third kappa shape index (κ3) is 1.93. The Balaban J connectivity index is 2.26. The van der Waals surface area contributed by atoms with Crippen molar-refractivity contribution in [2.45, 2.75) is 0 Å². The minimum atomic E-state index is -0.389. The fourth-order valence-electron chi connectivity index (χ4n) is 2.97. The molecular weight excluding hydrogens is 292 g/mol. The van der Waals surface area contributed by atoms with Crippen LogP contribution in [0.5, 0.6) is 5.75 Å². The summed E-state index contributed by atoms with van der Waals surface area (Å²) in [7, 11) is 2.98. The Hall–Kier alpha value is -3.08. The van der Waals surface area contributed by atoms with Gasteiger partial charge in [-0.1, -0.05) is 18.2 Å². The van der Waals surface area contributed by atoms with Gasteiger partial charge < -0.3 is 14.5 Å². The smallest absolute Gasteiger partial charge is 0.339 e. The average molecular weight is 306 g/mol. The highest BCUT2D eigenvalue weighted by molar-refractivity contribution is 6.22. The molecule has 0 spiro atoms. The lowest BCUT2D eigenvalue weighted by atomic mass is 10.0. The van der Waals surface area contributed by atoms with Crippen molar-refractivity contribution >= 4 is 38.8 Å². The highest BCUT2D eigenvalue weighted by Gasteiger charge is 2.20. The Morgan fingerprint density at radius 2 is 1.91 bits per heavy atom. The summed E-state index contributed by atoms with van der Waals surface area (Å²) in [5.74, 6) is 0.282. The number of fused-ring (bicyclic) bond motifs is 4. The minimum Gasteiger partial charge on any atom is -0.497 e. The van der Waals surface area contributed by atoms with Gasteiger partial charge in [-0.25, -0.2) is 9.78 Å². The van der Waals surface area contributed by atoms with Gasteiger partial charge in [-0.3, -0.25) is 0 Å². The van der Waals surface area contributed by atoms with Crippen molar-refractivity contribution in [2.75, 3.05) is 14.2 Å². The number of carbonyl (C=O) groups excluding carboxylic acids is 1. The first-order valence-corrected chi connectivity index (χ1v) is 7.19. The summed E-state index contributed by atoms with van der Waals surface area (Å²) >= 11 is 0. The van der Waals surface area contributed by atoms with E-state index in [1.54, 1.807) is 7.11 Å². The van der Waals surface area contributed by atoms with E-state index in [-0.39, 0.29) is 5.97 Å². The Bertz CT molecular complexity index is 1070. The molecular formula is C18H14N2O3. The number of H-pyrrole nitrogens is 1. The van der Waals surface area contributed by atoms with Crippen LogP contribution in [0.4, 0.5) is 0 Å². The van der Waals surface area contributed by atoms with Gasteiger partial charge in [0.25, 0.3) is 0 Å². The van der Waals surface area contributed by atoms with Gasteiger partial charge in [0.1, 0.15) is 11.4 Å². The number of nitrogens with one attached hydrogen (secondary N) is 1. The minimum absolute atomic E-state index is 0.389. The molecule has 5 heteroatoms. The molecule has 2 aromatic heterocycles. The maximum Gasteiger partial charge on any atom is 0.339 e. The van der Waals surface area contributed by atoms with Crippen LogP contribution < -0.4 is 4.74 Å². The van der Waals surface area contributed by atoms with Gasteiger partial charge in [-0.15, -0.1) is 0 Å². The van der Waals surface area contributed by atoms with Crippen LogP contribution in [0.2, 0.25) is 0 Å². The molecule has 0 aliphatic carbocycles. The summed E-state index contributed by atoms with van der Waals surface area (Å²) < 4.78 is 10.3. The number of esters is 1. The standard InChI is InChI=1S/C18H14N2O3/c1-22-10-7-8-14-12(9-10)16(18(21)23-2)15-11-5-3-4-6-13(11)19-17(15)20-14/h3-9H,1-2H3,(H,19,20). The first-order chi connectivity index (χ1) is 11.2. The van der Waals surface area contributed by atoms with E-state index in [1.165, 1.54) is 7.11 Å². The van der Waals surface area contributed by atoms with Crippen molar-refractivity contribution in [1.29, 1.82) is 0 Å². The molecule has 0 radical (unpaired) electrons. The van der Waals surface area contributed by atoms with Gasteiger partial charge in [0.05, 0.1) is 25.3 Å². The molecule has 0 amide bonds. The summed E-state index contributed by atoms with van der Waals surface area (Å²) in [6, 6.07) is 13.3. The molecule has 114 valence electrons. The highest BCUT2D eigenvalue weighted by atomic mass is 16.5. The van der Waals surface area contributed by atoms with Crippen LogP contribution in [-0.2, 0) is 4.74 Å². The maximum atomic E-state index is 12.5. The second kappa shape index (κ2) is 4.98. The molecule has 2 aromatic carbocycles. The van der Waals surface area contributed by atoms with Crippen LogP contribution in [0.25, 0.3) is 32.8 Å². The topological polar surface area (TPSA) is 64.2 Å². The van der Waals surface area contributed by atoms with Gasteiger partial charge >= 0.3 is 5.97 Å². The van der Waals surface area contributed by atoms with E-state index in [0.29, 0.717) is 27.9 Å². The molecule has 0 bridgehead atoms. The molecule has 4 rings (SSSR count). The third-order valence-corrected chi connectivity index (χ3v) is 4.03. The number of carbonyl (C=O) groups is 1. The molecule has 0 saturated heterocycles. The summed E-state index contributed by atoms with van der Waals surface area (Å²) in [4.78, 5) is 20.4. The van der Waals surface area contributed by atoms with Gasteiger partial charge in [-0.05, 0) is 24.3 Å². The molecule has 5 nitrogen and oxygen atoms in total. The first-order valence-electron chi connectivity index (χ1n) is 7.19. The van der Waals surface area contributed by atoms with Crippen molar-refractivity contribution in [1.82, 2.24) is 9.97 Å². The quantitative estimate of drug-likeness (QED) is 0.574. The van der Waals surface area contributed by atoms with Crippen LogP contribution in [0.3, 0.4) is 0 Å². The molecule has 23 heavy (non-hydrogen) atoms. The Morgan fingerprint density at radius 3 is 2.70 bits per heavy atom. The lowest BCUT2D eigenvalue weighted by Crippen LogP contribution is -2.04. The van der Waals surface area contributed by atoms with E-state index in [1.807, 2.05) is 42.5 Å². The normalized spacial score (nSPS) is 11.2. The van der Waals surface area contributed by atoms with E-state index >= 15 is 0 Å². The number of ether oxygens (including phenoxy) is 2. The zero-order chi connectivity index (χ0) is 16.0.